The minimum Gasteiger partial charge on any atom is -0.331 e. The van der Waals surface area contributed by atoms with Gasteiger partial charge in [-0.2, -0.15) is 0 Å². The fraction of sp³-hybridized carbons (Fsp3) is 0.533. The van der Waals surface area contributed by atoms with Gasteiger partial charge in [0.25, 0.3) is 0 Å². The summed E-state index contributed by atoms with van der Waals surface area (Å²) in [4.78, 5) is 5.73. The number of hydrogen-bond donors (Lipinski definition) is 1. The molecule has 0 aliphatic heterocycles. The number of nitrogens with one attached hydrogen (secondary N) is 1. The molecule has 3 nitrogen and oxygen atoms in total. The summed E-state index contributed by atoms with van der Waals surface area (Å²) in [6, 6.07) is 6.44. The predicted octanol–water partition coefficient (Wildman–Crippen LogP) is 3.74. The second kappa shape index (κ2) is 6.35. The lowest BCUT2D eigenvalue weighted by molar-refractivity contribution is 0.293. The Morgan fingerprint density at radius 2 is 2.00 bits per heavy atom. The fourth-order valence-corrected chi connectivity index (χ4v) is 2.78. The van der Waals surface area contributed by atoms with Crippen LogP contribution in [0.3, 0.4) is 0 Å². The molecule has 0 atom stereocenters. The van der Waals surface area contributed by atoms with Gasteiger partial charge in [-0.05, 0) is 62.9 Å². The van der Waals surface area contributed by atoms with Crippen LogP contribution in [0.15, 0.2) is 18.2 Å². The van der Waals surface area contributed by atoms with Gasteiger partial charge >= 0.3 is 0 Å². The van der Waals surface area contributed by atoms with E-state index < -0.39 is 0 Å². The maximum absolute atomic E-state index is 5.43. The molecule has 1 aromatic heterocycles. The van der Waals surface area contributed by atoms with E-state index in [0.29, 0.717) is 0 Å². The second-order valence-corrected chi connectivity index (χ2v) is 5.37. The molecule has 0 spiro atoms. The summed E-state index contributed by atoms with van der Waals surface area (Å²) in [6.07, 6.45) is 1.14. The van der Waals surface area contributed by atoms with Crippen LogP contribution in [0.25, 0.3) is 11.0 Å². The molecule has 19 heavy (non-hydrogen) atoms. The molecule has 0 unspecified atom stereocenters. The van der Waals surface area contributed by atoms with Gasteiger partial charge in [-0.3, -0.25) is 0 Å². The number of aromatic nitrogens is 2. The normalized spacial score (nSPS) is 11.6. The molecule has 0 saturated heterocycles. The Labute approximate surface area is 120 Å². The van der Waals surface area contributed by atoms with Crippen molar-refractivity contribution >= 4 is 23.3 Å². The highest BCUT2D eigenvalue weighted by molar-refractivity contribution is 7.71. The number of H-pyrrole nitrogens is 1. The van der Waals surface area contributed by atoms with Crippen molar-refractivity contribution in [1.82, 2.24) is 14.5 Å². The van der Waals surface area contributed by atoms with E-state index in [1.807, 2.05) is 0 Å². The first-order valence-electron chi connectivity index (χ1n) is 7.07. The Kier molecular flexibility index (Phi) is 4.77. The third-order valence-electron chi connectivity index (χ3n) is 3.68. The Bertz CT molecular complexity index is 593. The molecule has 1 aromatic carbocycles. The number of nitrogens with zero attached hydrogens (tertiary/aromatic N) is 2. The van der Waals surface area contributed by atoms with Gasteiger partial charge in [-0.1, -0.05) is 19.9 Å². The SMILES string of the molecule is CCN(CC)CCCn1c(=S)[nH]c2ccc(C)cc21. The van der Waals surface area contributed by atoms with Crippen molar-refractivity contribution in [3.63, 3.8) is 0 Å². The summed E-state index contributed by atoms with van der Waals surface area (Å²) in [7, 11) is 0. The lowest BCUT2D eigenvalue weighted by Crippen LogP contribution is -2.24. The third-order valence-corrected chi connectivity index (χ3v) is 4.00. The lowest BCUT2D eigenvalue weighted by atomic mass is 10.2. The minimum atomic E-state index is 0.833. The standard InChI is InChI=1S/C15H23N3S/c1-4-17(5-2)9-6-10-18-14-11-12(3)7-8-13(14)16-15(18)19/h7-8,11H,4-6,9-10H2,1-3H3,(H,16,19). The summed E-state index contributed by atoms with van der Waals surface area (Å²) < 4.78 is 3.06. The molecule has 1 N–H and O–H groups in total. The van der Waals surface area contributed by atoms with Crippen LogP contribution in [0.5, 0.6) is 0 Å². The van der Waals surface area contributed by atoms with Gasteiger partial charge in [0, 0.05) is 6.54 Å². The molecule has 0 radical (unpaired) electrons. The van der Waals surface area contributed by atoms with Crippen molar-refractivity contribution in [3.8, 4) is 0 Å². The van der Waals surface area contributed by atoms with Crippen molar-refractivity contribution in [2.75, 3.05) is 19.6 Å². The Morgan fingerprint density at radius 1 is 1.26 bits per heavy atom. The first-order valence-corrected chi connectivity index (χ1v) is 7.48. The quantitative estimate of drug-likeness (QED) is 0.813. The largest absolute Gasteiger partial charge is 0.331 e. The predicted molar refractivity (Wildman–Crippen MR) is 84.3 cm³/mol. The number of rotatable bonds is 6. The molecular formula is C15H23N3S. The summed E-state index contributed by atoms with van der Waals surface area (Å²) in [5.41, 5.74) is 3.64. The van der Waals surface area contributed by atoms with Gasteiger partial charge in [0.2, 0.25) is 0 Å². The smallest absolute Gasteiger partial charge is 0.178 e. The van der Waals surface area contributed by atoms with E-state index >= 15 is 0 Å². The maximum atomic E-state index is 5.43. The van der Waals surface area contributed by atoms with Crippen LogP contribution >= 0.6 is 12.2 Å². The van der Waals surface area contributed by atoms with E-state index in [4.69, 9.17) is 12.2 Å². The van der Waals surface area contributed by atoms with Crippen molar-refractivity contribution < 1.29 is 0 Å². The second-order valence-electron chi connectivity index (χ2n) is 4.98. The van der Waals surface area contributed by atoms with Gasteiger partial charge in [0.05, 0.1) is 11.0 Å². The summed E-state index contributed by atoms with van der Waals surface area (Å²) in [5.74, 6) is 0. The number of benzene rings is 1. The average molecular weight is 277 g/mol. The van der Waals surface area contributed by atoms with Crippen LogP contribution in [0, 0.1) is 11.7 Å². The Balaban J connectivity index is 2.14. The van der Waals surface area contributed by atoms with Crippen LogP contribution in [-0.2, 0) is 6.54 Å². The molecule has 4 heteroatoms. The Hall–Kier alpha value is -1.13. The molecule has 0 fully saturated rings. The highest BCUT2D eigenvalue weighted by Crippen LogP contribution is 2.16. The molecular weight excluding hydrogens is 254 g/mol. The highest BCUT2D eigenvalue weighted by atomic mass is 32.1. The number of fused-ring (bicyclic) bond motifs is 1. The molecule has 0 saturated carbocycles. The lowest BCUT2D eigenvalue weighted by Gasteiger charge is -2.17. The zero-order valence-electron chi connectivity index (χ0n) is 12.1. The monoisotopic (exact) mass is 277 g/mol. The van der Waals surface area contributed by atoms with Crippen molar-refractivity contribution in [1.29, 1.82) is 0 Å². The summed E-state index contributed by atoms with van der Waals surface area (Å²) in [5, 5.41) is 0. The van der Waals surface area contributed by atoms with Crippen molar-refractivity contribution in [2.45, 2.75) is 33.7 Å². The minimum absolute atomic E-state index is 0.833. The molecule has 1 heterocycles. The van der Waals surface area contributed by atoms with Gasteiger partial charge in [-0.15, -0.1) is 0 Å². The molecule has 104 valence electrons. The van der Waals surface area contributed by atoms with E-state index in [-0.39, 0.29) is 0 Å². The van der Waals surface area contributed by atoms with E-state index in [0.717, 1.165) is 42.9 Å². The highest BCUT2D eigenvalue weighted by Gasteiger charge is 2.05. The summed E-state index contributed by atoms with van der Waals surface area (Å²) >= 11 is 5.43. The zero-order chi connectivity index (χ0) is 13.8. The number of aromatic amines is 1. The van der Waals surface area contributed by atoms with E-state index in [2.05, 4.69) is 53.4 Å². The topological polar surface area (TPSA) is 24.0 Å². The van der Waals surface area contributed by atoms with Crippen LogP contribution in [0.2, 0.25) is 0 Å². The first kappa shape index (κ1) is 14.3. The number of imidazole rings is 1. The molecule has 0 aliphatic rings. The van der Waals surface area contributed by atoms with Crippen LogP contribution in [0.4, 0.5) is 0 Å². The number of hydrogen-bond acceptors (Lipinski definition) is 2. The molecule has 0 amide bonds. The van der Waals surface area contributed by atoms with E-state index in [9.17, 15) is 0 Å². The van der Waals surface area contributed by atoms with Gasteiger partial charge in [0.15, 0.2) is 4.77 Å². The fourth-order valence-electron chi connectivity index (χ4n) is 2.48. The molecule has 2 rings (SSSR count). The van der Waals surface area contributed by atoms with Crippen molar-refractivity contribution in [3.05, 3.63) is 28.5 Å². The molecule has 0 bridgehead atoms. The van der Waals surface area contributed by atoms with Crippen molar-refractivity contribution in [2.24, 2.45) is 0 Å². The Morgan fingerprint density at radius 3 is 2.68 bits per heavy atom. The number of aryl methyl sites for hydroxylation is 2. The van der Waals surface area contributed by atoms with Crippen LogP contribution in [-0.4, -0.2) is 34.1 Å². The van der Waals surface area contributed by atoms with E-state index in [1.54, 1.807) is 0 Å². The third kappa shape index (κ3) is 3.25. The molecule has 0 aliphatic carbocycles. The van der Waals surface area contributed by atoms with Crippen LogP contribution in [0.1, 0.15) is 25.8 Å². The van der Waals surface area contributed by atoms with Crippen LogP contribution < -0.4 is 0 Å². The van der Waals surface area contributed by atoms with E-state index in [1.165, 1.54) is 11.1 Å². The van der Waals surface area contributed by atoms with Gasteiger partial charge in [0.1, 0.15) is 0 Å². The molecule has 2 aromatic rings. The first-order chi connectivity index (χ1) is 9.15. The van der Waals surface area contributed by atoms with Gasteiger partial charge < -0.3 is 14.5 Å². The maximum Gasteiger partial charge on any atom is 0.178 e. The summed E-state index contributed by atoms with van der Waals surface area (Å²) in [6.45, 7) is 10.9. The zero-order valence-corrected chi connectivity index (χ0v) is 12.9. The average Bonchev–Trinajstić information content (AvgIpc) is 2.71. The van der Waals surface area contributed by atoms with Gasteiger partial charge in [-0.25, -0.2) is 0 Å².